The van der Waals surface area contributed by atoms with Gasteiger partial charge in [-0.25, -0.2) is 0 Å². The summed E-state index contributed by atoms with van der Waals surface area (Å²) in [5.74, 6) is 1.76. The molecule has 1 fully saturated rings. The highest BCUT2D eigenvalue weighted by molar-refractivity contribution is 5.37. The van der Waals surface area contributed by atoms with Crippen LogP contribution >= 0.6 is 0 Å². The van der Waals surface area contributed by atoms with Crippen LogP contribution in [0.25, 0.3) is 0 Å². The fourth-order valence-corrected chi connectivity index (χ4v) is 3.24. The van der Waals surface area contributed by atoms with Gasteiger partial charge >= 0.3 is 0 Å². The van der Waals surface area contributed by atoms with Crippen molar-refractivity contribution in [1.29, 1.82) is 0 Å². The van der Waals surface area contributed by atoms with Crippen LogP contribution in [0.15, 0.2) is 24.3 Å². The first-order valence-corrected chi connectivity index (χ1v) is 7.12. The summed E-state index contributed by atoms with van der Waals surface area (Å²) >= 11 is 0. The maximum atomic E-state index is 5.75. The van der Waals surface area contributed by atoms with Crippen molar-refractivity contribution >= 4 is 0 Å². The van der Waals surface area contributed by atoms with Gasteiger partial charge < -0.3 is 10.1 Å². The van der Waals surface area contributed by atoms with E-state index in [-0.39, 0.29) is 0 Å². The van der Waals surface area contributed by atoms with Crippen LogP contribution in [0.5, 0.6) is 5.75 Å². The predicted octanol–water partition coefficient (Wildman–Crippen LogP) is 3.33. The zero-order valence-electron chi connectivity index (χ0n) is 11.4. The predicted molar refractivity (Wildman–Crippen MR) is 74.1 cm³/mol. The van der Waals surface area contributed by atoms with Crippen molar-refractivity contribution in [2.24, 2.45) is 5.41 Å². The van der Waals surface area contributed by atoms with Gasteiger partial charge in [-0.2, -0.15) is 0 Å². The van der Waals surface area contributed by atoms with Gasteiger partial charge in [-0.3, -0.25) is 0 Å². The van der Waals surface area contributed by atoms with Gasteiger partial charge in [0.1, 0.15) is 5.75 Å². The van der Waals surface area contributed by atoms with E-state index in [2.05, 4.69) is 43.6 Å². The van der Waals surface area contributed by atoms with Crippen molar-refractivity contribution in [2.75, 3.05) is 13.7 Å². The van der Waals surface area contributed by atoms with E-state index in [0.29, 0.717) is 17.4 Å². The molecule has 18 heavy (non-hydrogen) atoms. The molecule has 2 heteroatoms. The SMILES string of the molecule is CNC(CC1CCOc2ccccc21)C1(C)CC1. The number of fused-ring (bicyclic) bond motifs is 1. The first-order chi connectivity index (χ1) is 8.73. The molecule has 2 nitrogen and oxygen atoms in total. The van der Waals surface area contributed by atoms with E-state index in [1.807, 2.05) is 0 Å². The van der Waals surface area contributed by atoms with Crippen molar-refractivity contribution in [3.63, 3.8) is 0 Å². The fourth-order valence-electron chi connectivity index (χ4n) is 3.24. The number of nitrogens with one attached hydrogen (secondary N) is 1. The van der Waals surface area contributed by atoms with Crippen molar-refractivity contribution in [3.05, 3.63) is 29.8 Å². The molecule has 1 N–H and O–H groups in total. The molecule has 0 amide bonds. The van der Waals surface area contributed by atoms with E-state index in [1.54, 1.807) is 0 Å². The molecule has 1 aliphatic carbocycles. The zero-order valence-corrected chi connectivity index (χ0v) is 11.4. The lowest BCUT2D eigenvalue weighted by atomic mass is 9.83. The molecule has 0 spiro atoms. The minimum atomic E-state index is 0.544. The third-order valence-corrected chi connectivity index (χ3v) is 4.83. The average Bonchev–Trinajstić information content (AvgIpc) is 3.15. The molecule has 1 heterocycles. The van der Waals surface area contributed by atoms with Crippen molar-refractivity contribution in [2.45, 2.75) is 44.6 Å². The van der Waals surface area contributed by atoms with Crippen LogP contribution < -0.4 is 10.1 Å². The van der Waals surface area contributed by atoms with E-state index in [0.717, 1.165) is 18.8 Å². The van der Waals surface area contributed by atoms with Gasteiger partial charge in [0.05, 0.1) is 6.61 Å². The van der Waals surface area contributed by atoms with Gasteiger partial charge in [-0.1, -0.05) is 25.1 Å². The van der Waals surface area contributed by atoms with Gasteiger partial charge in [-0.15, -0.1) is 0 Å². The lowest BCUT2D eigenvalue weighted by Crippen LogP contribution is -2.35. The molecule has 3 rings (SSSR count). The van der Waals surface area contributed by atoms with E-state index in [4.69, 9.17) is 4.74 Å². The van der Waals surface area contributed by atoms with Crippen LogP contribution in [0.4, 0.5) is 0 Å². The smallest absolute Gasteiger partial charge is 0.122 e. The maximum absolute atomic E-state index is 5.75. The molecular weight excluding hydrogens is 222 g/mol. The number of para-hydroxylation sites is 1. The first-order valence-electron chi connectivity index (χ1n) is 7.12. The van der Waals surface area contributed by atoms with Gasteiger partial charge in [0.25, 0.3) is 0 Å². The molecule has 1 aliphatic heterocycles. The lowest BCUT2D eigenvalue weighted by Gasteiger charge is -2.31. The summed E-state index contributed by atoms with van der Waals surface area (Å²) in [5, 5.41) is 3.54. The zero-order chi connectivity index (χ0) is 12.6. The van der Waals surface area contributed by atoms with Crippen LogP contribution in [0, 0.1) is 5.41 Å². The van der Waals surface area contributed by atoms with Gasteiger partial charge in [-0.05, 0) is 55.7 Å². The molecular formula is C16H23NO. The largest absolute Gasteiger partial charge is 0.493 e. The van der Waals surface area contributed by atoms with Gasteiger partial charge in [0, 0.05) is 6.04 Å². The van der Waals surface area contributed by atoms with E-state index >= 15 is 0 Å². The highest BCUT2D eigenvalue weighted by atomic mass is 16.5. The molecule has 0 radical (unpaired) electrons. The molecule has 2 unspecified atom stereocenters. The third kappa shape index (κ3) is 2.14. The van der Waals surface area contributed by atoms with Gasteiger partial charge in [0.15, 0.2) is 0 Å². The Kier molecular flexibility index (Phi) is 3.06. The maximum Gasteiger partial charge on any atom is 0.122 e. The lowest BCUT2D eigenvalue weighted by molar-refractivity contribution is 0.242. The molecule has 0 bridgehead atoms. The molecule has 0 aromatic heterocycles. The number of rotatable bonds is 4. The highest BCUT2D eigenvalue weighted by Gasteiger charge is 2.45. The Morgan fingerprint density at radius 1 is 1.39 bits per heavy atom. The summed E-state index contributed by atoms with van der Waals surface area (Å²) in [6.45, 7) is 3.29. The minimum Gasteiger partial charge on any atom is -0.493 e. The molecule has 1 saturated carbocycles. The standard InChI is InChI=1S/C16H23NO/c1-16(8-9-16)15(17-2)11-12-7-10-18-14-6-4-3-5-13(12)14/h3-6,12,15,17H,7-11H2,1-2H3. The Hall–Kier alpha value is -1.02. The molecule has 1 aromatic rings. The fraction of sp³-hybridized carbons (Fsp3) is 0.625. The molecule has 98 valence electrons. The van der Waals surface area contributed by atoms with Gasteiger partial charge in [0.2, 0.25) is 0 Å². The Morgan fingerprint density at radius 2 is 2.17 bits per heavy atom. The monoisotopic (exact) mass is 245 g/mol. The average molecular weight is 245 g/mol. The van der Waals surface area contributed by atoms with Crippen LogP contribution in [0.1, 0.15) is 44.1 Å². The van der Waals surface area contributed by atoms with Crippen LogP contribution in [0.3, 0.4) is 0 Å². The topological polar surface area (TPSA) is 21.3 Å². The Bertz CT molecular complexity index is 425. The normalized spacial score (nSPS) is 26.0. The number of hydrogen-bond acceptors (Lipinski definition) is 2. The Balaban J connectivity index is 1.77. The van der Waals surface area contributed by atoms with Crippen molar-refractivity contribution in [1.82, 2.24) is 5.32 Å². The van der Waals surface area contributed by atoms with Crippen LogP contribution in [0.2, 0.25) is 0 Å². The molecule has 2 atom stereocenters. The molecule has 1 aromatic carbocycles. The minimum absolute atomic E-state index is 0.544. The second-order valence-corrected chi connectivity index (χ2v) is 6.10. The molecule has 2 aliphatic rings. The number of benzene rings is 1. The van der Waals surface area contributed by atoms with Crippen LogP contribution in [-0.4, -0.2) is 19.7 Å². The summed E-state index contributed by atoms with van der Waals surface area (Å²) in [6, 6.07) is 9.19. The van der Waals surface area contributed by atoms with E-state index in [9.17, 15) is 0 Å². The summed E-state index contributed by atoms with van der Waals surface area (Å²) in [7, 11) is 2.11. The summed E-state index contributed by atoms with van der Waals surface area (Å²) in [5.41, 5.74) is 1.95. The van der Waals surface area contributed by atoms with E-state index in [1.165, 1.54) is 24.8 Å². The Labute approximate surface area is 110 Å². The summed E-state index contributed by atoms with van der Waals surface area (Å²) < 4.78 is 5.75. The second-order valence-electron chi connectivity index (χ2n) is 6.10. The number of hydrogen-bond donors (Lipinski definition) is 1. The molecule has 0 saturated heterocycles. The van der Waals surface area contributed by atoms with Crippen LogP contribution in [-0.2, 0) is 0 Å². The number of ether oxygens (including phenoxy) is 1. The highest BCUT2D eigenvalue weighted by Crippen LogP contribution is 2.51. The summed E-state index contributed by atoms with van der Waals surface area (Å²) in [6.07, 6.45) is 5.16. The second kappa shape index (κ2) is 4.58. The van der Waals surface area contributed by atoms with Crippen molar-refractivity contribution in [3.8, 4) is 5.75 Å². The Morgan fingerprint density at radius 3 is 2.89 bits per heavy atom. The summed E-state index contributed by atoms with van der Waals surface area (Å²) in [4.78, 5) is 0. The van der Waals surface area contributed by atoms with Crippen molar-refractivity contribution < 1.29 is 4.74 Å². The quantitative estimate of drug-likeness (QED) is 0.878. The first kappa shape index (κ1) is 12.0. The van der Waals surface area contributed by atoms with E-state index < -0.39 is 0 Å². The third-order valence-electron chi connectivity index (χ3n) is 4.83.